The SMILES string of the molecule is O=C(O)c1ccc(C2C3C(=NN2CCO)C2CCN3CC2)cc1. The maximum Gasteiger partial charge on any atom is 0.335 e. The number of aliphatic hydroxyl groups excluding tert-OH is 1. The Morgan fingerprint density at radius 1 is 1.17 bits per heavy atom. The maximum absolute atomic E-state index is 11.1. The zero-order valence-electron chi connectivity index (χ0n) is 12.9. The smallest absolute Gasteiger partial charge is 0.335 e. The highest BCUT2D eigenvalue weighted by molar-refractivity contribution is 5.95. The van der Waals surface area contributed by atoms with Crippen molar-refractivity contribution in [1.29, 1.82) is 0 Å². The van der Waals surface area contributed by atoms with Gasteiger partial charge in [-0.05, 0) is 43.6 Å². The molecule has 6 nitrogen and oxygen atoms in total. The molecule has 5 rings (SSSR count). The molecule has 0 amide bonds. The number of benzene rings is 1. The van der Waals surface area contributed by atoms with Gasteiger partial charge in [0, 0.05) is 5.92 Å². The van der Waals surface area contributed by atoms with Crippen molar-refractivity contribution in [2.45, 2.75) is 24.9 Å². The van der Waals surface area contributed by atoms with E-state index in [9.17, 15) is 9.90 Å². The van der Waals surface area contributed by atoms with Gasteiger partial charge in [-0.25, -0.2) is 4.79 Å². The van der Waals surface area contributed by atoms with Gasteiger partial charge in [-0.2, -0.15) is 5.10 Å². The molecule has 2 unspecified atom stereocenters. The molecule has 0 aromatic heterocycles. The van der Waals surface area contributed by atoms with Crippen molar-refractivity contribution in [2.24, 2.45) is 11.0 Å². The van der Waals surface area contributed by atoms with Crippen LogP contribution in [0.4, 0.5) is 0 Å². The van der Waals surface area contributed by atoms with Gasteiger partial charge < -0.3 is 10.2 Å². The number of aliphatic hydroxyl groups is 1. The van der Waals surface area contributed by atoms with Crippen LogP contribution in [0.1, 0.15) is 34.8 Å². The van der Waals surface area contributed by atoms with Crippen LogP contribution in [0.2, 0.25) is 0 Å². The Morgan fingerprint density at radius 2 is 1.87 bits per heavy atom. The molecule has 23 heavy (non-hydrogen) atoms. The molecule has 3 saturated heterocycles. The van der Waals surface area contributed by atoms with E-state index in [1.807, 2.05) is 17.1 Å². The fourth-order valence-corrected chi connectivity index (χ4v) is 4.25. The lowest BCUT2D eigenvalue weighted by Gasteiger charge is -2.46. The summed E-state index contributed by atoms with van der Waals surface area (Å²) in [5, 5.41) is 25.3. The van der Waals surface area contributed by atoms with Gasteiger partial charge in [-0.15, -0.1) is 0 Å². The van der Waals surface area contributed by atoms with E-state index in [-0.39, 0.29) is 18.7 Å². The molecule has 2 atom stereocenters. The van der Waals surface area contributed by atoms with E-state index in [0.717, 1.165) is 18.7 Å². The van der Waals surface area contributed by atoms with Gasteiger partial charge in [0.1, 0.15) is 0 Å². The number of hydrazone groups is 1. The molecule has 4 aliphatic heterocycles. The number of carboxylic acid groups (broad SMARTS) is 1. The highest BCUT2D eigenvalue weighted by Gasteiger charge is 2.49. The van der Waals surface area contributed by atoms with Crippen LogP contribution in [0.15, 0.2) is 29.4 Å². The monoisotopic (exact) mass is 315 g/mol. The number of β-amino-alcohol motifs (C(OH)–C–C–N with tert-alkyl or cyclic N) is 1. The number of hydrogen-bond acceptors (Lipinski definition) is 5. The number of piperidine rings is 3. The fourth-order valence-electron chi connectivity index (χ4n) is 4.25. The number of carboxylic acids is 1. The van der Waals surface area contributed by atoms with E-state index in [1.54, 1.807) is 12.1 Å². The lowest BCUT2D eigenvalue weighted by molar-refractivity contribution is 0.0696. The van der Waals surface area contributed by atoms with E-state index < -0.39 is 5.97 Å². The second-order valence-electron chi connectivity index (χ2n) is 6.54. The Hall–Kier alpha value is -1.92. The van der Waals surface area contributed by atoms with Gasteiger partial charge in [0.15, 0.2) is 0 Å². The fraction of sp³-hybridized carbons (Fsp3) is 0.529. The minimum atomic E-state index is -0.910. The van der Waals surface area contributed by atoms with Crippen LogP contribution in [-0.2, 0) is 0 Å². The maximum atomic E-state index is 11.1. The highest BCUT2D eigenvalue weighted by Crippen LogP contribution is 2.43. The quantitative estimate of drug-likeness (QED) is 0.873. The van der Waals surface area contributed by atoms with Crippen molar-refractivity contribution in [3.05, 3.63) is 35.4 Å². The standard InChI is InChI=1S/C17H21N3O3/c21-10-9-20-15(12-1-3-13(4-2-12)17(22)23)16-14(18-20)11-5-7-19(16)8-6-11/h1-4,11,15-16,21H,5-10H2,(H,22,23). The summed E-state index contributed by atoms with van der Waals surface area (Å²) in [4.78, 5) is 13.6. The molecule has 1 aromatic rings. The number of hydrogen-bond donors (Lipinski definition) is 2. The van der Waals surface area contributed by atoms with Crippen LogP contribution in [0, 0.1) is 5.92 Å². The minimum Gasteiger partial charge on any atom is -0.478 e. The number of rotatable bonds is 4. The predicted octanol–water partition coefficient (Wildman–Crippen LogP) is 1.18. The third-order valence-electron chi connectivity index (χ3n) is 5.34. The first kappa shape index (κ1) is 14.7. The number of fused-ring (bicyclic) bond motifs is 2. The second-order valence-corrected chi connectivity index (χ2v) is 6.54. The van der Waals surface area contributed by atoms with Crippen LogP contribution in [0.3, 0.4) is 0 Å². The molecule has 4 aliphatic rings. The van der Waals surface area contributed by atoms with Crippen LogP contribution >= 0.6 is 0 Å². The first-order chi connectivity index (χ1) is 11.2. The highest BCUT2D eigenvalue weighted by atomic mass is 16.4. The average molecular weight is 315 g/mol. The predicted molar refractivity (Wildman–Crippen MR) is 85.5 cm³/mol. The lowest BCUT2D eigenvalue weighted by atomic mass is 9.78. The second kappa shape index (κ2) is 5.62. The average Bonchev–Trinajstić information content (AvgIpc) is 2.97. The molecule has 0 aliphatic carbocycles. The third kappa shape index (κ3) is 2.33. The third-order valence-corrected chi connectivity index (χ3v) is 5.34. The molecule has 2 N–H and O–H groups in total. The Balaban J connectivity index is 1.69. The zero-order chi connectivity index (χ0) is 16.0. The van der Waals surface area contributed by atoms with Crippen molar-refractivity contribution in [1.82, 2.24) is 9.91 Å². The number of aromatic carboxylic acids is 1. The molecule has 0 saturated carbocycles. The summed E-state index contributed by atoms with van der Waals surface area (Å²) in [5.74, 6) is -0.345. The molecule has 6 heteroatoms. The Bertz CT molecular complexity index is 635. The van der Waals surface area contributed by atoms with E-state index in [1.165, 1.54) is 18.6 Å². The van der Waals surface area contributed by atoms with Gasteiger partial charge in [0.2, 0.25) is 0 Å². The Kier molecular flexibility index (Phi) is 3.58. The Labute approximate surface area is 135 Å². The molecule has 122 valence electrons. The molecule has 4 heterocycles. The molecule has 2 bridgehead atoms. The van der Waals surface area contributed by atoms with Crippen molar-refractivity contribution in [3.63, 3.8) is 0 Å². The summed E-state index contributed by atoms with van der Waals surface area (Å²) in [7, 11) is 0. The number of nitrogens with zero attached hydrogens (tertiary/aromatic N) is 3. The summed E-state index contributed by atoms with van der Waals surface area (Å²) in [6, 6.07) is 7.43. The Morgan fingerprint density at radius 3 is 2.48 bits per heavy atom. The summed E-state index contributed by atoms with van der Waals surface area (Å²) in [5.41, 5.74) is 2.62. The van der Waals surface area contributed by atoms with E-state index in [4.69, 9.17) is 10.2 Å². The topological polar surface area (TPSA) is 76.4 Å². The van der Waals surface area contributed by atoms with Gasteiger partial charge in [0.05, 0.1) is 36.5 Å². The molecule has 0 spiro atoms. The van der Waals surface area contributed by atoms with Crippen LogP contribution in [-0.4, -0.2) is 64.1 Å². The normalized spacial score (nSPS) is 31.9. The van der Waals surface area contributed by atoms with Crippen molar-refractivity contribution >= 4 is 11.7 Å². The first-order valence-corrected chi connectivity index (χ1v) is 8.22. The van der Waals surface area contributed by atoms with Crippen LogP contribution in [0.25, 0.3) is 0 Å². The van der Waals surface area contributed by atoms with Crippen LogP contribution < -0.4 is 0 Å². The van der Waals surface area contributed by atoms with E-state index >= 15 is 0 Å². The largest absolute Gasteiger partial charge is 0.478 e. The van der Waals surface area contributed by atoms with Crippen molar-refractivity contribution < 1.29 is 15.0 Å². The van der Waals surface area contributed by atoms with Crippen molar-refractivity contribution in [3.8, 4) is 0 Å². The van der Waals surface area contributed by atoms with Gasteiger partial charge in [0.25, 0.3) is 0 Å². The summed E-state index contributed by atoms with van der Waals surface area (Å²) < 4.78 is 0. The lowest BCUT2D eigenvalue weighted by Crippen LogP contribution is -2.56. The van der Waals surface area contributed by atoms with Crippen molar-refractivity contribution in [2.75, 3.05) is 26.2 Å². The van der Waals surface area contributed by atoms with E-state index in [2.05, 4.69) is 4.90 Å². The summed E-state index contributed by atoms with van der Waals surface area (Å²) in [6.07, 6.45) is 2.35. The molecule has 0 radical (unpaired) electrons. The zero-order valence-corrected chi connectivity index (χ0v) is 12.9. The minimum absolute atomic E-state index is 0.0673. The molecule has 3 fully saturated rings. The van der Waals surface area contributed by atoms with E-state index in [0.29, 0.717) is 18.0 Å². The molecular formula is C17H21N3O3. The summed E-state index contributed by atoms with van der Waals surface area (Å²) in [6.45, 7) is 2.78. The molecular weight excluding hydrogens is 294 g/mol. The number of carbonyl (C=O) groups is 1. The first-order valence-electron chi connectivity index (χ1n) is 8.22. The molecule has 1 aromatic carbocycles. The van der Waals surface area contributed by atoms with Gasteiger partial charge >= 0.3 is 5.97 Å². The van der Waals surface area contributed by atoms with Gasteiger partial charge in [-0.1, -0.05) is 12.1 Å². The van der Waals surface area contributed by atoms with Gasteiger partial charge in [-0.3, -0.25) is 9.91 Å². The van der Waals surface area contributed by atoms with Crippen LogP contribution in [0.5, 0.6) is 0 Å². The summed E-state index contributed by atoms with van der Waals surface area (Å²) >= 11 is 0.